The number of benzene rings is 1. The predicted octanol–water partition coefficient (Wildman–Crippen LogP) is 3.60. The maximum atomic E-state index is 12.0. The van der Waals surface area contributed by atoms with Crippen LogP contribution in [0.4, 0.5) is 5.69 Å². The Hall–Kier alpha value is -1.71. The monoisotopic (exact) mass is 261 g/mol. The molecular weight excluding hydrogens is 242 g/mol. The summed E-state index contributed by atoms with van der Waals surface area (Å²) in [7, 11) is 0. The van der Waals surface area contributed by atoms with Gasteiger partial charge in [0, 0.05) is 24.0 Å². The van der Waals surface area contributed by atoms with Crippen molar-refractivity contribution in [3.05, 3.63) is 39.4 Å². The van der Waals surface area contributed by atoms with E-state index < -0.39 is 0 Å². The second kappa shape index (κ2) is 5.95. The summed E-state index contributed by atoms with van der Waals surface area (Å²) in [6, 6.07) is 5.09. The van der Waals surface area contributed by atoms with Crippen molar-refractivity contribution in [2.24, 2.45) is 5.92 Å². The summed E-state index contributed by atoms with van der Waals surface area (Å²) in [6.07, 6.45) is 5.48. The van der Waals surface area contributed by atoms with Crippen LogP contribution in [0, 0.1) is 23.0 Å². The van der Waals surface area contributed by atoms with Crippen LogP contribution in [0.25, 0.3) is 0 Å². The average molecular weight is 261 g/mol. The van der Waals surface area contributed by atoms with Crippen molar-refractivity contribution in [1.82, 2.24) is 0 Å². The van der Waals surface area contributed by atoms with E-state index >= 15 is 0 Å². The molecule has 1 aromatic rings. The first-order chi connectivity index (χ1) is 9.09. The third kappa shape index (κ3) is 3.19. The molecule has 0 spiro atoms. The van der Waals surface area contributed by atoms with E-state index in [9.17, 15) is 14.9 Å². The average Bonchev–Trinajstić information content (AvgIpc) is 2.90. The molecule has 0 amide bonds. The predicted molar refractivity (Wildman–Crippen MR) is 73.1 cm³/mol. The van der Waals surface area contributed by atoms with E-state index in [0.29, 0.717) is 24.2 Å². The first-order valence-electron chi connectivity index (χ1n) is 6.85. The maximum Gasteiger partial charge on any atom is 0.272 e. The summed E-state index contributed by atoms with van der Waals surface area (Å²) < 4.78 is 0. The van der Waals surface area contributed by atoms with E-state index in [1.807, 2.05) is 6.07 Å². The number of hydrogen-bond donors (Lipinski definition) is 0. The molecule has 1 aromatic carbocycles. The van der Waals surface area contributed by atoms with Gasteiger partial charge in [-0.25, -0.2) is 0 Å². The van der Waals surface area contributed by atoms with Crippen LogP contribution in [0.15, 0.2) is 18.2 Å². The van der Waals surface area contributed by atoms with Crippen LogP contribution < -0.4 is 0 Å². The van der Waals surface area contributed by atoms with Crippen LogP contribution in [0.3, 0.4) is 0 Å². The lowest BCUT2D eigenvalue weighted by molar-refractivity contribution is -0.385. The number of nitro benzene ring substituents is 1. The number of Topliss-reactive ketones (excluding diaryl/α,β-unsaturated/α-hetero) is 1. The zero-order valence-corrected chi connectivity index (χ0v) is 11.2. The van der Waals surface area contributed by atoms with Crippen LogP contribution >= 0.6 is 0 Å². The number of nitrogens with zero attached hydrogens (tertiary/aromatic N) is 1. The number of hydrogen-bond acceptors (Lipinski definition) is 3. The van der Waals surface area contributed by atoms with Crippen LogP contribution in [-0.4, -0.2) is 10.7 Å². The molecule has 1 saturated carbocycles. The van der Waals surface area contributed by atoms with Crippen molar-refractivity contribution < 1.29 is 9.72 Å². The van der Waals surface area contributed by atoms with E-state index in [4.69, 9.17) is 0 Å². The second-order valence-corrected chi connectivity index (χ2v) is 5.27. The molecule has 19 heavy (non-hydrogen) atoms. The largest absolute Gasteiger partial charge is 0.299 e. The molecule has 0 saturated heterocycles. The Morgan fingerprint density at radius 1 is 1.37 bits per heavy atom. The van der Waals surface area contributed by atoms with E-state index in [1.165, 1.54) is 6.07 Å². The summed E-state index contributed by atoms with van der Waals surface area (Å²) >= 11 is 0. The fourth-order valence-electron chi connectivity index (χ4n) is 2.85. The lowest BCUT2D eigenvalue weighted by Gasteiger charge is -2.09. The Bertz CT molecular complexity index is 490. The standard InChI is InChI=1S/C15H19NO3/c1-11-12(7-4-8-14(11)16(18)19)9-10-15(17)13-5-2-3-6-13/h4,7-8,13H,2-3,5-6,9-10H2,1H3. The van der Waals surface area contributed by atoms with Crippen molar-refractivity contribution >= 4 is 11.5 Å². The van der Waals surface area contributed by atoms with Gasteiger partial charge in [-0.2, -0.15) is 0 Å². The Morgan fingerprint density at radius 2 is 2.05 bits per heavy atom. The highest BCUT2D eigenvalue weighted by atomic mass is 16.6. The van der Waals surface area contributed by atoms with E-state index in [-0.39, 0.29) is 16.5 Å². The molecule has 0 aliphatic heterocycles. The normalized spacial score (nSPS) is 15.6. The van der Waals surface area contributed by atoms with Gasteiger partial charge in [-0.3, -0.25) is 14.9 Å². The van der Waals surface area contributed by atoms with Crippen molar-refractivity contribution in [1.29, 1.82) is 0 Å². The van der Waals surface area contributed by atoms with Crippen LogP contribution in [0.1, 0.15) is 43.2 Å². The van der Waals surface area contributed by atoms with Gasteiger partial charge in [0.1, 0.15) is 5.78 Å². The first kappa shape index (κ1) is 13.7. The summed E-state index contributed by atoms with van der Waals surface area (Å²) in [6.45, 7) is 1.76. The first-order valence-corrected chi connectivity index (χ1v) is 6.85. The van der Waals surface area contributed by atoms with Crippen molar-refractivity contribution in [3.8, 4) is 0 Å². The zero-order valence-electron chi connectivity index (χ0n) is 11.2. The molecule has 4 heteroatoms. The molecule has 0 bridgehead atoms. The number of carbonyl (C=O) groups is 1. The summed E-state index contributed by atoms with van der Waals surface area (Å²) in [5.41, 5.74) is 1.75. The lowest BCUT2D eigenvalue weighted by Crippen LogP contribution is -2.11. The molecular formula is C15H19NO3. The lowest BCUT2D eigenvalue weighted by atomic mass is 9.95. The second-order valence-electron chi connectivity index (χ2n) is 5.27. The number of aryl methyl sites for hydroxylation is 1. The Kier molecular flexibility index (Phi) is 4.30. The van der Waals surface area contributed by atoms with Gasteiger partial charge in [0.25, 0.3) is 5.69 Å². The van der Waals surface area contributed by atoms with Crippen molar-refractivity contribution in [2.75, 3.05) is 0 Å². The van der Waals surface area contributed by atoms with Gasteiger partial charge in [0.15, 0.2) is 0 Å². The molecule has 1 aliphatic rings. The quantitative estimate of drug-likeness (QED) is 0.601. The topological polar surface area (TPSA) is 60.2 Å². The molecule has 0 N–H and O–H groups in total. The summed E-state index contributed by atoms with van der Waals surface area (Å²) in [5, 5.41) is 10.9. The highest BCUT2D eigenvalue weighted by Gasteiger charge is 2.22. The minimum absolute atomic E-state index is 0.144. The van der Waals surface area contributed by atoms with E-state index in [2.05, 4.69) is 0 Å². The number of rotatable bonds is 5. The van der Waals surface area contributed by atoms with Gasteiger partial charge in [-0.05, 0) is 31.7 Å². The minimum atomic E-state index is -0.363. The molecule has 0 atom stereocenters. The molecule has 0 heterocycles. The molecule has 0 radical (unpaired) electrons. The fraction of sp³-hybridized carbons (Fsp3) is 0.533. The highest BCUT2D eigenvalue weighted by Crippen LogP contribution is 2.28. The van der Waals surface area contributed by atoms with Gasteiger partial charge in [0.05, 0.1) is 4.92 Å². The molecule has 102 valence electrons. The number of carbonyl (C=O) groups excluding carboxylic acids is 1. The summed E-state index contributed by atoms with van der Waals surface area (Å²) in [5.74, 6) is 0.558. The van der Waals surface area contributed by atoms with Crippen molar-refractivity contribution in [2.45, 2.75) is 45.4 Å². The zero-order chi connectivity index (χ0) is 13.8. The van der Waals surface area contributed by atoms with E-state index in [0.717, 1.165) is 31.2 Å². The highest BCUT2D eigenvalue weighted by molar-refractivity contribution is 5.81. The molecule has 4 nitrogen and oxygen atoms in total. The van der Waals surface area contributed by atoms with Gasteiger partial charge in [-0.1, -0.05) is 25.0 Å². The smallest absolute Gasteiger partial charge is 0.272 e. The number of ketones is 1. The Balaban J connectivity index is 2.01. The van der Waals surface area contributed by atoms with Gasteiger partial charge in [0.2, 0.25) is 0 Å². The SMILES string of the molecule is Cc1c(CCC(=O)C2CCCC2)cccc1[N+](=O)[O-]. The fourth-order valence-corrected chi connectivity index (χ4v) is 2.85. The molecule has 1 fully saturated rings. The van der Waals surface area contributed by atoms with Crippen molar-refractivity contribution in [3.63, 3.8) is 0 Å². The molecule has 1 aliphatic carbocycles. The molecule has 2 rings (SSSR count). The summed E-state index contributed by atoms with van der Waals surface area (Å²) in [4.78, 5) is 22.5. The minimum Gasteiger partial charge on any atom is -0.299 e. The van der Waals surface area contributed by atoms with Crippen LogP contribution in [0.2, 0.25) is 0 Å². The maximum absolute atomic E-state index is 12.0. The van der Waals surface area contributed by atoms with E-state index in [1.54, 1.807) is 13.0 Å². The Labute approximate surface area is 113 Å². The third-order valence-corrected chi connectivity index (χ3v) is 4.07. The van der Waals surface area contributed by atoms with Gasteiger partial charge in [-0.15, -0.1) is 0 Å². The molecule has 0 aromatic heterocycles. The van der Waals surface area contributed by atoms with Gasteiger partial charge < -0.3 is 0 Å². The number of nitro groups is 1. The van der Waals surface area contributed by atoms with Crippen LogP contribution in [0.5, 0.6) is 0 Å². The van der Waals surface area contributed by atoms with Gasteiger partial charge >= 0.3 is 0 Å². The van der Waals surface area contributed by atoms with Crippen LogP contribution in [-0.2, 0) is 11.2 Å². The third-order valence-electron chi connectivity index (χ3n) is 4.07. The Morgan fingerprint density at radius 3 is 2.68 bits per heavy atom. The molecule has 0 unspecified atom stereocenters.